The number of benzene rings is 1. The molecular weight excluding hydrogens is 312 g/mol. The molecule has 2 heterocycles. The summed E-state index contributed by atoms with van der Waals surface area (Å²) in [4.78, 5) is 24.3. The minimum absolute atomic E-state index is 0.208. The lowest BCUT2D eigenvalue weighted by atomic mass is 10.2. The normalized spacial score (nSPS) is 12.1. The third-order valence-electron chi connectivity index (χ3n) is 3.62. The number of aryl methyl sites for hydroxylation is 1. The van der Waals surface area contributed by atoms with Crippen molar-refractivity contribution in [1.29, 1.82) is 0 Å². The molecule has 2 aromatic rings. The number of carbonyl (C=O) groups excluding carboxylic acids is 1. The highest BCUT2D eigenvalue weighted by molar-refractivity contribution is 5.92. The summed E-state index contributed by atoms with van der Waals surface area (Å²) in [7, 11) is 1.69. The van der Waals surface area contributed by atoms with Crippen molar-refractivity contribution in [3.63, 3.8) is 0 Å². The monoisotopic (exact) mass is 330 g/mol. The Morgan fingerprint density at radius 2 is 2.08 bits per heavy atom. The van der Waals surface area contributed by atoms with Crippen molar-refractivity contribution >= 4 is 5.91 Å². The van der Waals surface area contributed by atoms with Gasteiger partial charge in [0.1, 0.15) is 5.69 Å². The number of pyridine rings is 1. The van der Waals surface area contributed by atoms with E-state index in [2.05, 4.69) is 5.32 Å². The SMILES string of the molecule is CCOc1cn(C)c(C(=O)NCc2ccc3c(c2)OCO3)cc1=O. The van der Waals surface area contributed by atoms with Gasteiger partial charge in [0.2, 0.25) is 12.2 Å². The maximum absolute atomic E-state index is 12.3. The molecule has 0 fully saturated rings. The van der Waals surface area contributed by atoms with Crippen LogP contribution in [0.25, 0.3) is 0 Å². The molecule has 126 valence electrons. The topological polar surface area (TPSA) is 78.8 Å². The molecule has 1 aromatic carbocycles. The standard InChI is InChI=1S/C17H18N2O5/c1-3-22-16-9-19(2)12(7-13(16)20)17(21)18-8-11-4-5-14-15(6-11)24-10-23-14/h4-7,9H,3,8,10H2,1-2H3,(H,18,21). The summed E-state index contributed by atoms with van der Waals surface area (Å²) in [5.74, 6) is 1.25. The Morgan fingerprint density at radius 3 is 2.88 bits per heavy atom. The average Bonchev–Trinajstić information content (AvgIpc) is 3.03. The minimum atomic E-state index is -0.338. The Balaban J connectivity index is 1.71. The predicted molar refractivity (Wildman–Crippen MR) is 86.6 cm³/mol. The van der Waals surface area contributed by atoms with Crippen LogP contribution < -0.4 is 25.0 Å². The van der Waals surface area contributed by atoms with Crippen molar-refractivity contribution in [2.75, 3.05) is 13.4 Å². The first kappa shape index (κ1) is 15.9. The summed E-state index contributed by atoms with van der Waals surface area (Å²) in [6.07, 6.45) is 1.52. The van der Waals surface area contributed by atoms with Crippen molar-refractivity contribution in [2.45, 2.75) is 13.5 Å². The molecule has 1 aromatic heterocycles. The van der Waals surface area contributed by atoms with Crippen LogP contribution in [0.2, 0.25) is 0 Å². The van der Waals surface area contributed by atoms with Crippen LogP contribution in [-0.4, -0.2) is 23.9 Å². The highest BCUT2D eigenvalue weighted by atomic mass is 16.7. The zero-order valence-corrected chi connectivity index (χ0v) is 13.5. The molecule has 0 aliphatic carbocycles. The number of aromatic nitrogens is 1. The molecule has 24 heavy (non-hydrogen) atoms. The quantitative estimate of drug-likeness (QED) is 0.897. The van der Waals surface area contributed by atoms with Crippen LogP contribution in [0.5, 0.6) is 17.2 Å². The fourth-order valence-corrected chi connectivity index (χ4v) is 2.42. The van der Waals surface area contributed by atoms with E-state index in [1.807, 2.05) is 12.1 Å². The first-order valence-electron chi connectivity index (χ1n) is 7.58. The first-order valence-corrected chi connectivity index (χ1v) is 7.58. The van der Waals surface area contributed by atoms with Crippen molar-refractivity contribution in [3.05, 3.63) is 51.9 Å². The minimum Gasteiger partial charge on any atom is -0.488 e. The highest BCUT2D eigenvalue weighted by Crippen LogP contribution is 2.32. The molecular formula is C17H18N2O5. The molecule has 1 amide bonds. The number of amides is 1. The zero-order valence-electron chi connectivity index (χ0n) is 13.5. The molecule has 0 bridgehead atoms. The summed E-state index contributed by atoms with van der Waals surface area (Å²) in [5.41, 5.74) is 0.830. The van der Waals surface area contributed by atoms with Crippen LogP contribution in [-0.2, 0) is 13.6 Å². The van der Waals surface area contributed by atoms with E-state index in [0.717, 1.165) is 5.56 Å². The lowest BCUT2D eigenvalue weighted by Crippen LogP contribution is -2.27. The van der Waals surface area contributed by atoms with Gasteiger partial charge in [-0.2, -0.15) is 0 Å². The second-order valence-electron chi connectivity index (χ2n) is 5.30. The van der Waals surface area contributed by atoms with Gasteiger partial charge in [-0.3, -0.25) is 9.59 Å². The molecule has 0 saturated heterocycles. The number of hydrogen-bond acceptors (Lipinski definition) is 5. The van der Waals surface area contributed by atoms with Crippen LogP contribution >= 0.6 is 0 Å². The molecule has 0 spiro atoms. The van der Waals surface area contributed by atoms with Crippen LogP contribution in [0.4, 0.5) is 0 Å². The smallest absolute Gasteiger partial charge is 0.268 e. The molecule has 3 rings (SSSR count). The fraction of sp³-hybridized carbons (Fsp3) is 0.294. The van der Waals surface area contributed by atoms with Gasteiger partial charge in [-0.05, 0) is 24.6 Å². The van der Waals surface area contributed by atoms with Gasteiger partial charge in [-0.15, -0.1) is 0 Å². The fourth-order valence-electron chi connectivity index (χ4n) is 2.42. The molecule has 7 heteroatoms. The summed E-state index contributed by atoms with van der Waals surface area (Å²) >= 11 is 0. The van der Waals surface area contributed by atoms with E-state index in [9.17, 15) is 9.59 Å². The number of nitrogens with zero attached hydrogens (tertiary/aromatic N) is 1. The maximum atomic E-state index is 12.3. The molecule has 7 nitrogen and oxygen atoms in total. The summed E-state index contributed by atoms with van der Waals surface area (Å²) in [6.45, 7) is 2.71. The van der Waals surface area contributed by atoms with Crippen LogP contribution in [0.3, 0.4) is 0 Å². The Kier molecular flexibility index (Phi) is 4.41. The van der Waals surface area contributed by atoms with Crippen LogP contribution in [0.15, 0.2) is 35.3 Å². The van der Waals surface area contributed by atoms with E-state index in [1.54, 1.807) is 24.6 Å². The highest BCUT2D eigenvalue weighted by Gasteiger charge is 2.15. The van der Waals surface area contributed by atoms with Crippen molar-refractivity contribution in [1.82, 2.24) is 9.88 Å². The Bertz CT molecular complexity index is 828. The largest absolute Gasteiger partial charge is 0.488 e. The van der Waals surface area contributed by atoms with E-state index < -0.39 is 0 Å². The van der Waals surface area contributed by atoms with Crippen molar-refractivity contribution in [2.24, 2.45) is 7.05 Å². The molecule has 0 unspecified atom stereocenters. The van der Waals surface area contributed by atoms with Gasteiger partial charge in [-0.1, -0.05) is 6.07 Å². The summed E-state index contributed by atoms with van der Waals surface area (Å²) in [6, 6.07) is 6.75. The van der Waals surface area contributed by atoms with Crippen molar-refractivity contribution in [3.8, 4) is 17.2 Å². The van der Waals surface area contributed by atoms with Crippen LogP contribution in [0.1, 0.15) is 23.0 Å². The zero-order chi connectivity index (χ0) is 17.1. The van der Waals surface area contributed by atoms with E-state index in [1.165, 1.54) is 12.3 Å². The first-order chi connectivity index (χ1) is 11.6. The summed E-state index contributed by atoms with van der Waals surface area (Å²) < 4.78 is 17.4. The third kappa shape index (κ3) is 3.19. The van der Waals surface area contributed by atoms with Gasteiger partial charge >= 0.3 is 0 Å². The predicted octanol–water partition coefficient (Wildman–Crippen LogP) is 1.44. The maximum Gasteiger partial charge on any atom is 0.268 e. The van der Waals surface area contributed by atoms with Gasteiger partial charge in [0.15, 0.2) is 17.2 Å². The molecule has 0 atom stereocenters. The second-order valence-corrected chi connectivity index (χ2v) is 5.30. The van der Waals surface area contributed by atoms with E-state index >= 15 is 0 Å². The van der Waals surface area contributed by atoms with E-state index in [-0.39, 0.29) is 29.6 Å². The molecule has 1 N–H and O–H groups in total. The molecule has 0 radical (unpaired) electrons. The molecule has 1 aliphatic rings. The lowest BCUT2D eigenvalue weighted by molar-refractivity contribution is 0.0941. The van der Waals surface area contributed by atoms with E-state index in [0.29, 0.717) is 24.7 Å². The van der Waals surface area contributed by atoms with Crippen LogP contribution in [0, 0.1) is 0 Å². The van der Waals surface area contributed by atoms with Crippen molar-refractivity contribution < 1.29 is 19.0 Å². The summed E-state index contributed by atoms with van der Waals surface area (Å²) in [5, 5.41) is 2.79. The van der Waals surface area contributed by atoms with Gasteiger partial charge < -0.3 is 24.1 Å². The number of carbonyl (C=O) groups is 1. The van der Waals surface area contributed by atoms with E-state index in [4.69, 9.17) is 14.2 Å². The third-order valence-corrected chi connectivity index (χ3v) is 3.62. The van der Waals surface area contributed by atoms with Gasteiger partial charge in [0.25, 0.3) is 5.91 Å². The average molecular weight is 330 g/mol. The number of nitrogens with one attached hydrogen (secondary N) is 1. The number of rotatable bonds is 5. The molecule has 0 saturated carbocycles. The lowest BCUT2D eigenvalue weighted by Gasteiger charge is -2.11. The molecule has 1 aliphatic heterocycles. The Morgan fingerprint density at radius 1 is 1.29 bits per heavy atom. The van der Waals surface area contributed by atoms with Gasteiger partial charge in [0, 0.05) is 19.7 Å². The Hall–Kier alpha value is -2.96. The number of ether oxygens (including phenoxy) is 3. The number of hydrogen-bond donors (Lipinski definition) is 1. The Labute approximate surface area is 138 Å². The van der Waals surface area contributed by atoms with Gasteiger partial charge in [-0.25, -0.2) is 0 Å². The second kappa shape index (κ2) is 6.66. The van der Waals surface area contributed by atoms with Gasteiger partial charge in [0.05, 0.1) is 12.8 Å². The number of fused-ring (bicyclic) bond motifs is 1.